The Morgan fingerprint density at radius 1 is 1.43 bits per heavy atom. The Labute approximate surface area is 128 Å². The summed E-state index contributed by atoms with van der Waals surface area (Å²) in [7, 11) is -0.914. The average molecular weight is 333 g/mol. The van der Waals surface area contributed by atoms with Crippen LogP contribution in [0.1, 0.15) is 18.4 Å². The maximum atomic E-state index is 12.0. The SMILES string of the molecule is CN(C)S(=O)(=O)c1ccc(CC(Cl)C2CC2)c([N+](=O)[O-])c1. The summed E-state index contributed by atoms with van der Waals surface area (Å²) in [6.07, 6.45) is 2.48. The molecular formula is C13H17ClN2O4S. The Morgan fingerprint density at radius 3 is 2.52 bits per heavy atom. The van der Waals surface area contributed by atoms with E-state index in [-0.39, 0.29) is 16.0 Å². The van der Waals surface area contributed by atoms with E-state index in [2.05, 4.69) is 0 Å². The second-order valence-electron chi connectivity index (χ2n) is 5.39. The van der Waals surface area contributed by atoms with Crippen molar-refractivity contribution in [3.63, 3.8) is 0 Å². The van der Waals surface area contributed by atoms with Crippen LogP contribution in [0.4, 0.5) is 5.69 Å². The van der Waals surface area contributed by atoms with E-state index in [1.54, 1.807) is 0 Å². The number of hydrogen-bond donors (Lipinski definition) is 0. The van der Waals surface area contributed by atoms with Crippen LogP contribution in [0, 0.1) is 16.0 Å². The highest BCUT2D eigenvalue weighted by Gasteiger charge is 2.32. The number of benzene rings is 1. The standard InChI is InChI=1S/C13H17ClN2O4S/c1-15(2)21(19,20)11-6-5-10(13(8-11)16(17)18)7-12(14)9-3-4-9/h5-6,8-9,12H,3-4,7H2,1-2H3. The van der Waals surface area contributed by atoms with Crippen molar-refractivity contribution < 1.29 is 13.3 Å². The molecule has 0 radical (unpaired) electrons. The monoisotopic (exact) mass is 332 g/mol. The summed E-state index contributed by atoms with van der Waals surface area (Å²) < 4.78 is 25.1. The van der Waals surface area contributed by atoms with Gasteiger partial charge in [-0.1, -0.05) is 6.07 Å². The molecule has 1 aromatic rings. The number of rotatable bonds is 6. The van der Waals surface area contributed by atoms with E-state index >= 15 is 0 Å². The minimum Gasteiger partial charge on any atom is -0.258 e. The van der Waals surface area contributed by atoms with Gasteiger partial charge in [0, 0.05) is 31.1 Å². The summed E-state index contributed by atoms with van der Waals surface area (Å²) in [6, 6.07) is 4.00. The first-order chi connectivity index (χ1) is 9.73. The normalized spacial score (nSPS) is 17.0. The van der Waals surface area contributed by atoms with Crippen LogP contribution in [-0.4, -0.2) is 37.1 Å². The average Bonchev–Trinajstić information content (AvgIpc) is 3.22. The first-order valence-electron chi connectivity index (χ1n) is 6.57. The molecule has 6 nitrogen and oxygen atoms in total. The molecule has 0 aromatic heterocycles. The first kappa shape index (κ1) is 16.2. The van der Waals surface area contributed by atoms with Gasteiger partial charge in [0.15, 0.2) is 0 Å². The predicted octanol–water partition coefficient (Wildman–Crippen LogP) is 2.41. The second-order valence-corrected chi connectivity index (χ2v) is 8.11. The molecule has 0 amide bonds. The zero-order valence-corrected chi connectivity index (χ0v) is 13.4. The van der Waals surface area contributed by atoms with Gasteiger partial charge in [-0.2, -0.15) is 0 Å². The molecule has 0 heterocycles. The molecular weight excluding hydrogens is 316 g/mol. The van der Waals surface area contributed by atoms with E-state index in [0.29, 0.717) is 17.9 Å². The lowest BCUT2D eigenvalue weighted by Gasteiger charge is -2.13. The van der Waals surface area contributed by atoms with Gasteiger partial charge in [-0.05, 0) is 31.2 Å². The fourth-order valence-electron chi connectivity index (χ4n) is 2.09. The highest BCUT2D eigenvalue weighted by molar-refractivity contribution is 7.89. The van der Waals surface area contributed by atoms with Crippen LogP contribution in [0.15, 0.2) is 23.1 Å². The predicted molar refractivity (Wildman–Crippen MR) is 80.0 cm³/mol. The van der Waals surface area contributed by atoms with E-state index in [1.807, 2.05) is 0 Å². The van der Waals surface area contributed by atoms with Gasteiger partial charge in [0.05, 0.1) is 9.82 Å². The van der Waals surface area contributed by atoms with Gasteiger partial charge in [-0.15, -0.1) is 11.6 Å². The van der Waals surface area contributed by atoms with Gasteiger partial charge >= 0.3 is 0 Å². The van der Waals surface area contributed by atoms with E-state index in [0.717, 1.165) is 23.2 Å². The van der Waals surface area contributed by atoms with Crippen LogP contribution < -0.4 is 0 Å². The number of halogens is 1. The van der Waals surface area contributed by atoms with Crippen molar-refractivity contribution in [2.45, 2.75) is 29.5 Å². The summed E-state index contributed by atoms with van der Waals surface area (Å²) in [6.45, 7) is 0. The van der Waals surface area contributed by atoms with Gasteiger partial charge in [-0.3, -0.25) is 10.1 Å². The van der Waals surface area contributed by atoms with Gasteiger partial charge in [0.1, 0.15) is 0 Å². The molecule has 116 valence electrons. The lowest BCUT2D eigenvalue weighted by Crippen LogP contribution is -2.22. The Hall–Kier alpha value is -1.18. The molecule has 1 aliphatic rings. The van der Waals surface area contributed by atoms with Crippen molar-refractivity contribution in [2.24, 2.45) is 5.92 Å². The van der Waals surface area contributed by atoms with E-state index in [4.69, 9.17) is 11.6 Å². The molecule has 21 heavy (non-hydrogen) atoms. The van der Waals surface area contributed by atoms with Crippen molar-refractivity contribution in [3.8, 4) is 0 Å². The molecule has 1 aromatic carbocycles. The lowest BCUT2D eigenvalue weighted by atomic mass is 10.1. The van der Waals surface area contributed by atoms with Crippen molar-refractivity contribution >= 4 is 27.3 Å². The van der Waals surface area contributed by atoms with Gasteiger partial charge in [-0.25, -0.2) is 12.7 Å². The van der Waals surface area contributed by atoms with E-state index in [1.165, 1.54) is 26.2 Å². The molecule has 1 unspecified atom stereocenters. The third kappa shape index (κ3) is 3.53. The molecule has 0 saturated heterocycles. The zero-order chi connectivity index (χ0) is 15.8. The molecule has 8 heteroatoms. The van der Waals surface area contributed by atoms with Crippen LogP contribution in [0.2, 0.25) is 0 Å². The topological polar surface area (TPSA) is 80.5 Å². The minimum atomic E-state index is -3.69. The quantitative estimate of drug-likeness (QED) is 0.455. The Balaban J connectivity index is 2.37. The number of hydrogen-bond acceptors (Lipinski definition) is 4. The second kappa shape index (κ2) is 5.90. The molecule has 0 aliphatic heterocycles. The van der Waals surface area contributed by atoms with Crippen LogP contribution in [0.5, 0.6) is 0 Å². The Morgan fingerprint density at radius 2 is 2.05 bits per heavy atom. The van der Waals surface area contributed by atoms with E-state index in [9.17, 15) is 18.5 Å². The fraction of sp³-hybridized carbons (Fsp3) is 0.538. The zero-order valence-electron chi connectivity index (χ0n) is 11.8. The summed E-state index contributed by atoms with van der Waals surface area (Å²) in [5, 5.41) is 11.1. The third-order valence-electron chi connectivity index (χ3n) is 3.58. The Kier molecular flexibility index (Phi) is 4.55. The minimum absolute atomic E-state index is 0.0829. The lowest BCUT2D eigenvalue weighted by molar-refractivity contribution is -0.385. The van der Waals surface area contributed by atoms with Gasteiger partial charge < -0.3 is 0 Å². The van der Waals surface area contributed by atoms with Crippen LogP contribution >= 0.6 is 11.6 Å². The van der Waals surface area contributed by atoms with Crippen molar-refractivity contribution in [2.75, 3.05) is 14.1 Å². The maximum absolute atomic E-state index is 12.0. The van der Waals surface area contributed by atoms with Gasteiger partial charge in [0.2, 0.25) is 10.0 Å². The number of nitro benzene ring substituents is 1. The molecule has 0 N–H and O–H groups in total. The first-order valence-corrected chi connectivity index (χ1v) is 8.45. The maximum Gasteiger partial charge on any atom is 0.273 e. The molecule has 0 bridgehead atoms. The highest BCUT2D eigenvalue weighted by Crippen LogP contribution is 2.38. The van der Waals surface area contributed by atoms with Crippen molar-refractivity contribution in [1.82, 2.24) is 4.31 Å². The number of sulfonamides is 1. The largest absolute Gasteiger partial charge is 0.273 e. The van der Waals surface area contributed by atoms with Crippen LogP contribution in [0.25, 0.3) is 0 Å². The number of alkyl halides is 1. The summed E-state index contributed by atoms with van der Waals surface area (Å²) >= 11 is 6.22. The molecule has 1 saturated carbocycles. The van der Waals surface area contributed by atoms with Crippen molar-refractivity contribution in [1.29, 1.82) is 0 Å². The Bertz CT molecular complexity index is 656. The molecule has 2 rings (SSSR count). The van der Waals surface area contributed by atoms with Crippen LogP contribution in [-0.2, 0) is 16.4 Å². The fourth-order valence-corrected chi connectivity index (χ4v) is 3.43. The molecule has 1 fully saturated rings. The smallest absolute Gasteiger partial charge is 0.258 e. The number of nitro groups is 1. The third-order valence-corrected chi connectivity index (χ3v) is 5.90. The van der Waals surface area contributed by atoms with Crippen LogP contribution in [0.3, 0.4) is 0 Å². The summed E-state index contributed by atoms with van der Waals surface area (Å²) in [4.78, 5) is 10.6. The van der Waals surface area contributed by atoms with Crippen molar-refractivity contribution in [3.05, 3.63) is 33.9 Å². The molecule has 1 aliphatic carbocycles. The molecule has 0 spiro atoms. The summed E-state index contributed by atoms with van der Waals surface area (Å²) in [5.74, 6) is 0.413. The highest BCUT2D eigenvalue weighted by atomic mass is 35.5. The number of nitrogens with zero attached hydrogens (tertiary/aromatic N) is 2. The summed E-state index contributed by atoms with van der Waals surface area (Å²) in [5.41, 5.74) is 0.286. The van der Waals surface area contributed by atoms with Gasteiger partial charge in [0.25, 0.3) is 5.69 Å². The van der Waals surface area contributed by atoms with E-state index < -0.39 is 14.9 Å². The molecule has 1 atom stereocenters.